The normalized spacial score (nSPS) is 13.2. The van der Waals surface area contributed by atoms with Crippen molar-refractivity contribution in [2.75, 3.05) is 0 Å². The molecule has 10 aromatic carbocycles. The number of azo groups is 5. The van der Waals surface area contributed by atoms with Crippen LogP contribution in [0.4, 0.5) is 52.7 Å². The molecule has 730 valence electrons. The Bertz CT molecular complexity index is 8940. The summed E-state index contributed by atoms with van der Waals surface area (Å²) in [5.74, 6) is 1.64. The van der Waals surface area contributed by atoms with Gasteiger partial charge in [0.2, 0.25) is 29.4 Å². The summed E-state index contributed by atoms with van der Waals surface area (Å²) < 4.78 is 168. The van der Waals surface area contributed by atoms with Crippen molar-refractivity contribution in [2.45, 2.75) is 52.4 Å². The largest absolute Gasteiger partial charge is 0.493 e. The maximum Gasteiger partial charge on any atom is 0.419 e. The highest BCUT2D eigenvalue weighted by molar-refractivity contribution is 7.74. The summed E-state index contributed by atoms with van der Waals surface area (Å²) in [6.07, 6.45) is -4.19. The Morgan fingerprint density at radius 3 is 0.821 bits per heavy atom. The standard InChI is InChI=1S/C20H10F6N4OS2.C20H13F3N4OS2.C20H16N4OS2.C19H11F3N4OS2.C19H14N4OS2/c21-19(22,23)12-2-1-3-13(15(12)20(24,25)26)30-17(31)14(33-18(30)32)8-10-4-6-11(7-5-10)16-27-9-28-29-16;1-11-14(20(21,22)23)3-2-4-15(11)27-18(28)16(30-19(27)29)9-12-5-7-13(8-6-12)17-24-10-25-26-17;1-12-4-3-5-16(13(12)2)24-19(25)17(27-20(24)26)10-14-6-8-15(9-7-14)18-21-11-22-23-18;20-19(21,22)13-3-1-2-4-14(13)26-17(27)15(29-18(26)28)9-11-5-7-12(8-6-11)16-23-10-24-25-16;1-12-2-8-15(9-3-12)23-18(24)16(26-19(23)25)10-13-4-6-14(7-5-13)17-20-11-21-22-17/h1-9,31H;2-10,28H,1H3;3-11,25H,1-2H3;1-10,27H;2-11,24H,1H3. The van der Waals surface area contributed by atoms with Crippen molar-refractivity contribution in [2.24, 2.45) is 76.1 Å². The molecular weight excluding hydrogens is 2090 g/mol. The molecule has 145 heavy (non-hydrogen) atoms. The summed E-state index contributed by atoms with van der Waals surface area (Å²) in [7, 11) is 0. The molecule has 25 nitrogen and oxygen atoms in total. The van der Waals surface area contributed by atoms with E-state index < -0.39 is 58.5 Å². The van der Waals surface area contributed by atoms with Gasteiger partial charge in [-0.25, -0.2) is 25.0 Å². The molecule has 5 aromatic heterocycles. The Kier molecular flexibility index (Phi) is 30.7. The fourth-order valence-corrected chi connectivity index (χ4v) is 21.0. The number of rotatable bonds is 10. The van der Waals surface area contributed by atoms with Crippen LogP contribution in [0.25, 0.3) is 87.9 Å². The molecule has 0 amide bonds. The number of aromatic nitrogens is 5. The number of aryl methyl sites for hydroxylation is 2. The van der Waals surface area contributed by atoms with Crippen molar-refractivity contribution in [1.82, 2.24) is 22.8 Å². The molecule has 0 aliphatic carbocycles. The van der Waals surface area contributed by atoms with Crippen LogP contribution in [-0.4, -0.2) is 80.1 Å². The van der Waals surface area contributed by atoms with Crippen LogP contribution >= 0.6 is 118 Å². The molecule has 0 saturated heterocycles. The maximum absolute atomic E-state index is 13.6. The quantitative estimate of drug-likeness (QED) is 0.0637. The second-order valence-corrected chi connectivity index (χ2v) is 39.3. The van der Waals surface area contributed by atoms with Gasteiger partial charge in [-0.1, -0.05) is 175 Å². The molecule has 15 aromatic rings. The number of thiazole rings is 5. The van der Waals surface area contributed by atoms with Crippen molar-refractivity contribution < 1.29 is 78.2 Å². The molecule has 0 spiro atoms. The fourth-order valence-electron chi connectivity index (χ4n) is 14.5. The zero-order valence-corrected chi connectivity index (χ0v) is 82.6. The lowest BCUT2D eigenvalue weighted by atomic mass is 10.0. The predicted molar refractivity (Wildman–Crippen MR) is 550 cm³/mol. The van der Waals surface area contributed by atoms with Crippen molar-refractivity contribution in [1.29, 1.82) is 0 Å². The van der Waals surface area contributed by atoms with E-state index in [0.29, 0.717) is 67.8 Å². The highest BCUT2D eigenvalue weighted by Crippen LogP contribution is 2.47. The first kappa shape index (κ1) is 103. The summed E-state index contributed by atoms with van der Waals surface area (Å²) >= 11 is 32.2. The smallest absolute Gasteiger partial charge is 0.419 e. The van der Waals surface area contributed by atoms with Crippen molar-refractivity contribution >= 4 is 209 Å². The van der Waals surface area contributed by atoms with Crippen LogP contribution in [0.3, 0.4) is 0 Å². The Balaban J connectivity index is 0.000000130. The van der Waals surface area contributed by atoms with Crippen molar-refractivity contribution in [3.63, 3.8) is 0 Å². The molecule has 0 saturated carbocycles. The van der Waals surface area contributed by atoms with Crippen LogP contribution in [0, 0.1) is 47.5 Å². The lowest BCUT2D eigenvalue weighted by Gasteiger charge is -2.19. The maximum atomic E-state index is 13.6. The highest BCUT2D eigenvalue weighted by Gasteiger charge is 2.46. The number of benzene rings is 10. The Hall–Kier alpha value is -15.3. The van der Waals surface area contributed by atoms with E-state index >= 15 is 0 Å². The molecule has 0 atom stereocenters. The fraction of sp³-hybridized carbons (Fsp3) is 0.0816. The number of halogens is 12. The molecule has 0 bridgehead atoms. The van der Waals surface area contributed by atoms with E-state index in [-0.39, 0.29) is 57.2 Å². The molecule has 20 rings (SSSR count). The lowest BCUT2D eigenvalue weighted by molar-refractivity contribution is -0.162. The average molecular weight is 2150 g/mol. The van der Waals surface area contributed by atoms with Crippen LogP contribution in [0.5, 0.6) is 29.4 Å². The van der Waals surface area contributed by atoms with E-state index in [0.717, 1.165) is 142 Å². The number of hydrogen-bond donors (Lipinski definition) is 5. The van der Waals surface area contributed by atoms with Gasteiger partial charge in [-0.15, -0.1) is 108 Å². The Morgan fingerprint density at radius 2 is 0.517 bits per heavy atom. The molecule has 0 radical (unpaired) electrons. The van der Waals surface area contributed by atoms with Gasteiger partial charge in [0, 0.05) is 26.1 Å². The monoisotopic (exact) mass is 2150 g/mol. The van der Waals surface area contributed by atoms with Crippen LogP contribution in [0.1, 0.15) is 68.9 Å². The van der Waals surface area contributed by atoms with Crippen LogP contribution < -0.4 is 52.2 Å². The summed E-state index contributed by atoms with van der Waals surface area (Å²) in [6, 6.07) is 61.2. The van der Waals surface area contributed by atoms with E-state index in [1.165, 1.54) is 102 Å². The third kappa shape index (κ3) is 23.5. The van der Waals surface area contributed by atoms with Gasteiger partial charge in [-0.2, -0.15) is 52.7 Å². The number of alkyl halides is 12. The molecule has 0 unspecified atom stereocenters. The molecule has 10 heterocycles. The van der Waals surface area contributed by atoms with E-state index in [9.17, 15) is 78.2 Å². The number of para-hydroxylation sites is 1. The number of nitrogens with zero attached hydrogens (tertiary/aromatic N) is 20. The molecule has 0 fully saturated rings. The summed E-state index contributed by atoms with van der Waals surface area (Å²) in [4.78, 5) is 22.5. The number of aliphatic imine (C=N–C) groups is 5. The van der Waals surface area contributed by atoms with Gasteiger partial charge in [0.25, 0.3) is 0 Å². The third-order valence-corrected chi connectivity index (χ3v) is 28.1. The van der Waals surface area contributed by atoms with Crippen LogP contribution in [0.2, 0.25) is 0 Å². The van der Waals surface area contributed by atoms with E-state index in [4.69, 9.17) is 61.1 Å². The second kappa shape index (κ2) is 43.5. The molecular formula is C98H64F12N20O5S10. The van der Waals surface area contributed by atoms with Gasteiger partial charge >= 0.3 is 24.7 Å². The van der Waals surface area contributed by atoms with Gasteiger partial charge in [-0.3, -0.25) is 22.8 Å². The van der Waals surface area contributed by atoms with E-state index in [1.54, 1.807) is 69.8 Å². The van der Waals surface area contributed by atoms with Gasteiger partial charge < -0.3 is 25.5 Å². The van der Waals surface area contributed by atoms with Crippen molar-refractivity contribution in [3.05, 3.63) is 365 Å². The minimum absolute atomic E-state index is 0.00610. The van der Waals surface area contributed by atoms with Gasteiger partial charge in [0.1, 0.15) is 31.7 Å². The number of aromatic hydroxyl groups is 5. The molecule has 5 aliphatic rings. The van der Waals surface area contributed by atoms with E-state index in [2.05, 4.69) is 76.1 Å². The predicted octanol–water partition coefficient (Wildman–Crippen LogP) is 22.1. The SMILES string of the molecule is Cc1c(-n2c(O)c(C=c3ccc(=C4N=CN=N4)cc3)sc2=S)cccc1C(F)(F)F.Cc1ccc(-n2c(O)c(C=c3ccc(=C4N=CN=N4)cc3)sc2=S)cc1.Cc1cccc(-n2c(O)c(C=c3ccc(=C4N=CN=N4)cc3)sc2=S)c1C.Oc1c(C=c2ccc(=C3N=CN=N3)cc2)sc(=S)n1-c1cccc(C(F)(F)F)c1C(F)(F)F.Oc1c(C=c2ccc(=C3N=CN=N3)cc2)sc(=S)n1-c1ccccc1C(F)(F)F. The molecule has 5 aliphatic heterocycles. The summed E-state index contributed by atoms with van der Waals surface area (Å²) in [5, 5.41) is 99.3. The first-order valence-corrected chi connectivity index (χ1v) is 48.1. The zero-order valence-electron chi connectivity index (χ0n) is 74.4. The first-order valence-electron chi connectivity index (χ1n) is 42.0. The van der Waals surface area contributed by atoms with Gasteiger partial charge in [0.05, 0.1) is 75.1 Å². The third-order valence-electron chi connectivity index (χ3n) is 21.6. The van der Waals surface area contributed by atoms with Gasteiger partial charge in [0.15, 0.2) is 48.9 Å². The molecule has 5 N–H and O–H groups in total. The zero-order chi connectivity index (χ0) is 103. The number of hydrogen-bond acceptors (Lipinski definition) is 30. The Morgan fingerprint density at radius 1 is 0.262 bits per heavy atom. The highest BCUT2D eigenvalue weighted by atomic mass is 32.2. The minimum atomic E-state index is -5.35. The Labute approximate surface area is 855 Å². The molecule has 47 heteroatoms. The van der Waals surface area contributed by atoms with Crippen LogP contribution in [0.15, 0.2) is 301 Å². The van der Waals surface area contributed by atoms with Crippen molar-refractivity contribution in [3.8, 4) is 57.8 Å². The summed E-state index contributed by atoms with van der Waals surface area (Å²) in [5.41, 5.74) is -1.20. The van der Waals surface area contributed by atoms with E-state index in [1.807, 2.05) is 148 Å². The average Bonchev–Trinajstić information content (AvgIpc) is 1.73. The first-order chi connectivity index (χ1) is 69.2. The van der Waals surface area contributed by atoms with Crippen LogP contribution in [-0.2, 0) is 24.7 Å². The second-order valence-electron chi connectivity index (χ2n) is 30.9. The summed E-state index contributed by atoms with van der Waals surface area (Å²) in [6.45, 7) is 7.47. The lowest BCUT2D eigenvalue weighted by Crippen LogP contribution is -2.19. The van der Waals surface area contributed by atoms with Gasteiger partial charge in [-0.05, 0) is 217 Å². The minimum Gasteiger partial charge on any atom is -0.493 e. The topological polar surface area (TPSA) is 311 Å².